The van der Waals surface area contributed by atoms with E-state index in [4.69, 9.17) is 23.7 Å². The zero-order valence-electron chi connectivity index (χ0n) is 17.4. The van der Waals surface area contributed by atoms with E-state index in [0.29, 0.717) is 0 Å². The summed E-state index contributed by atoms with van der Waals surface area (Å²) in [7, 11) is 0. The van der Waals surface area contributed by atoms with Gasteiger partial charge in [0.1, 0.15) is 61.0 Å². The van der Waals surface area contributed by atoms with Crippen LogP contribution < -0.4 is 0 Å². The van der Waals surface area contributed by atoms with Gasteiger partial charge in [-0.3, -0.25) is 0 Å². The van der Waals surface area contributed by atoms with Gasteiger partial charge in [0.05, 0.1) is 18.8 Å². The van der Waals surface area contributed by atoms with Crippen molar-refractivity contribution in [2.45, 2.75) is 106 Å². The quantitative estimate of drug-likeness (QED) is 0.182. The molecule has 14 nitrogen and oxygen atoms in total. The maximum absolute atomic E-state index is 10.6. The van der Waals surface area contributed by atoms with Crippen LogP contribution in [0.2, 0.25) is 0 Å². The predicted octanol–water partition coefficient (Wildman–Crippen LogP) is -5.52. The normalized spacial score (nSPS) is 55.0. The minimum atomic E-state index is -1.83. The smallest absolute Gasteiger partial charge is 0.187 e. The van der Waals surface area contributed by atoms with E-state index in [9.17, 15) is 46.0 Å². The molecule has 188 valence electrons. The molecule has 3 saturated heterocycles. The van der Waals surface area contributed by atoms with E-state index in [2.05, 4.69) is 0 Å². The lowest BCUT2D eigenvalue weighted by molar-refractivity contribution is -0.385. The Hall–Kier alpha value is -0.560. The molecule has 3 aliphatic heterocycles. The third-order valence-corrected chi connectivity index (χ3v) is 6.02. The van der Waals surface area contributed by atoms with Gasteiger partial charge in [0.2, 0.25) is 0 Å². The fraction of sp³-hybridized carbons (Fsp3) is 1.00. The maximum atomic E-state index is 10.6. The summed E-state index contributed by atoms with van der Waals surface area (Å²) in [5.41, 5.74) is 0. The van der Waals surface area contributed by atoms with Crippen LogP contribution in [-0.2, 0) is 23.7 Å². The van der Waals surface area contributed by atoms with Gasteiger partial charge in [0.15, 0.2) is 18.9 Å². The molecule has 3 rings (SSSR count). The molecule has 0 amide bonds. The third kappa shape index (κ3) is 4.94. The van der Waals surface area contributed by atoms with E-state index in [-0.39, 0.29) is 0 Å². The number of aliphatic hydroxyl groups excluding tert-OH is 9. The van der Waals surface area contributed by atoms with Crippen LogP contribution in [0.1, 0.15) is 13.8 Å². The highest BCUT2D eigenvalue weighted by Gasteiger charge is 2.53. The minimum absolute atomic E-state index is 0.721. The van der Waals surface area contributed by atoms with Crippen molar-refractivity contribution >= 4 is 0 Å². The van der Waals surface area contributed by atoms with Crippen molar-refractivity contribution in [3.63, 3.8) is 0 Å². The summed E-state index contributed by atoms with van der Waals surface area (Å²) in [6.07, 6.45) is -22.6. The maximum Gasteiger partial charge on any atom is 0.187 e. The molecule has 14 heteroatoms. The lowest BCUT2D eigenvalue weighted by Crippen LogP contribution is -2.66. The summed E-state index contributed by atoms with van der Waals surface area (Å²) in [5, 5.41) is 90.6. The summed E-state index contributed by atoms with van der Waals surface area (Å²) in [6, 6.07) is 0. The van der Waals surface area contributed by atoms with Crippen molar-refractivity contribution in [1.82, 2.24) is 0 Å². The minimum Gasteiger partial charge on any atom is -0.394 e. The molecule has 0 bridgehead atoms. The molecule has 0 aromatic heterocycles. The fourth-order valence-electron chi connectivity index (χ4n) is 3.92. The molecule has 0 aliphatic carbocycles. The Morgan fingerprint density at radius 3 is 1.44 bits per heavy atom. The van der Waals surface area contributed by atoms with Crippen LogP contribution >= 0.6 is 0 Å². The number of aliphatic hydroxyl groups is 9. The number of rotatable bonds is 5. The van der Waals surface area contributed by atoms with Gasteiger partial charge in [-0.2, -0.15) is 0 Å². The van der Waals surface area contributed by atoms with Crippen LogP contribution in [-0.4, -0.2) is 145 Å². The average molecular weight is 472 g/mol. The van der Waals surface area contributed by atoms with Crippen molar-refractivity contribution in [3.05, 3.63) is 0 Å². The van der Waals surface area contributed by atoms with E-state index in [0.717, 1.165) is 0 Å². The molecule has 32 heavy (non-hydrogen) atoms. The Kier molecular flexibility index (Phi) is 8.44. The SMILES string of the molecule is C[C@@H]1O[C@@H](O[C@@H]2[C@@H](O[C@H]3O[C@@H](C)[C@@H](O)[C@@H](O)[C@@H]3O)[C@@H](O)[C@@H](CO)O[C@H]2O)[C@@H](O)[C@H](O)[C@@H]1O. The lowest BCUT2D eigenvalue weighted by atomic mass is 9.96. The van der Waals surface area contributed by atoms with Crippen LogP contribution in [0.15, 0.2) is 0 Å². The second-order valence-corrected chi connectivity index (χ2v) is 8.30. The van der Waals surface area contributed by atoms with E-state index in [1.54, 1.807) is 0 Å². The largest absolute Gasteiger partial charge is 0.394 e. The molecular formula is C18H32O14. The fourth-order valence-corrected chi connectivity index (χ4v) is 3.92. The second-order valence-electron chi connectivity index (χ2n) is 8.30. The molecule has 0 aromatic carbocycles. The lowest BCUT2D eigenvalue weighted by Gasteiger charge is -2.48. The molecule has 3 aliphatic rings. The number of hydrogen-bond donors (Lipinski definition) is 9. The molecule has 3 fully saturated rings. The molecule has 0 saturated carbocycles. The van der Waals surface area contributed by atoms with Crippen molar-refractivity contribution in [3.8, 4) is 0 Å². The topological polar surface area (TPSA) is 228 Å². The van der Waals surface area contributed by atoms with E-state index in [1.165, 1.54) is 13.8 Å². The summed E-state index contributed by atoms with van der Waals surface area (Å²) < 4.78 is 27.0. The highest BCUT2D eigenvalue weighted by molar-refractivity contribution is 4.95. The first-order chi connectivity index (χ1) is 15.0. The number of ether oxygens (including phenoxy) is 5. The monoisotopic (exact) mass is 472 g/mol. The molecule has 0 unspecified atom stereocenters. The van der Waals surface area contributed by atoms with Gasteiger partial charge in [-0.1, -0.05) is 0 Å². The standard InChI is InChI=1S/C18H32O14/c1-4-7(20)10(23)12(25)17(28-4)31-14-9(22)6(3-19)30-16(27)15(14)32-18-13(26)11(24)8(21)5(2)29-18/h4-27H,3H2,1-2H3/t4-,5-,6+,7+,8+,9-,10+,11+,12-,13-,14-,15+,16+,17+,18-/m0/s1. The molecule has 15 atom stereocenters. The first-order valence-electron chi connectivity index (χ1n) is 10.3. The van der Waals surface area contributed by atoms with Crippen LogP contribution in [0.4, 0.5) is 0 Å². The van der Waals surface area contributed by atoms with E-state index in [1.807, 2.05) is 0 Å². The predicted molar refractivity (Wildman–Crippen MR) is 98.4 cm³/mol. The van der Waals surface area contributed by atoms with Crippen molar-refractivity contribution in [2.75, 3.05) is 6.61 Å². The van der Waals surface area contributed by atoms with Crippen molar-refractivity contribution in [2.24, 2.45) is 0 Å². The Bertz CT molecular complexity index is 610. The van der Waals surface area contributed by atoms with Gasteiger partial charge >= 0.3 is 0 Å². The zero-order valence-corrected chi connectivity index (χ0v) is 17.4. The van der Waals surface area contributed by atoms with Crippen LogP contribution in [0.3, 0.4) is 0 Å². The Balaban J connectivity index is 1.81. The van der Waals surface area contributed by atoms with Gasteiger partial charge in [0, 0.05) is 0 Å². The van der Waals surface area contributed by atoms with Crippen LogP contribution in [0.5, 0.6) is 0 Å². The molecular weight excluding hydrogens is 440 g/mol. The Morgan fingerprint density at radius 1 is 0.562 bits per heavy atom. The van der Waals surface area contributed by atoms with Gasteiger partial charge in [-0.25, -0.2) is 0 Å². The van der Waals surface area contributed by atoms with Gasteiger partial charge in [-0.05, 0) is 13.8 Å². The summed E-state index contributed by atoms with van der Waals surface area (Å²) >= 11 is 0. The van der Waals surface area contributed by atoms with E-state index < -0.39 is 98.7 Å². The molecule has 0 radical (unpaired) electrons. The molecule has 9 N–H and O–H groups in total. The summed E-state index contributed by atoms with van der Waals surface area (Å²) in [5.74, 6) is 0. The highest BCUT2D eigenvalue weighted by atomic mass is 16.8. The molecule has 0 spiro atoms. The Morgan fingerprint density at radius 2 is 1.00 bits per heavy atom. The van der Waals surface area contributed by atoms with Crippen LogP contribution in [0.25, 0.3) is 0 Å². The van der Waals surface area contributed by atoms with Gasteiger partial charge < -0.3 is 69.6 Å². The average Bonchev–Trinajstić information content (AvgIpc) is 2.76. The summed E-state index contributed by atoms with van der Waals surface area (Å²) in [4.78, 5) is 0. The first kappa shape index (κ1) is 26.1. The third-order valence-electron chi connectivity index (χ3n) is 6.02. The second kappa shape index (κ2) is 10.4. The van der Waals surface area contributed by atoms with Gasteiger partial charge in [-0.15, -0.1) is 0 Å². The van der Waals surface area contributed by atoms with Crippen molar-refractivity contribution in [1.29, 1.82) is 0 Å². The van der Waals surface area contributed by atoms with Gasteiger partial charge in [0.25, 0.3) is 0 Å². The first-order valence-corrected chi connectivity index (χ1v) is 10.3. The Labute approximate surface area is 183 Å². The van der Waals surface area contributed by atoms with Crippen LogP contribution in [0, 0.1) is 0 Å². The zero-order chi connectivity index (χ0) is 23.9. The molecule has 3 heterocycles. The van der Waals surface area contributed by atoms with E-state index >= 15 is 0 Å². The summed E-state index contributed by atoms with van der Waals surface area (Å²) in [6.45, 7) is 2.10. The number of hydrogen-bond acceptors (Lipinski definition) is 14. The van der Waals surface area contributed by atoms with Crippen molar-refractivity contribution < 1.29 is 69.6 Å². The molecule has 0 aromatic rings. The highest BCUT2D eigenvalue weighted by Crippen LogP contribution is 2.32.